The number of allylic oxidation sites excluding steroid dienone is 1. The SMILES string of the molecule is C=CCC[C@@H]1CN(Cc2ccccc2)C[C@@]1(Cc1ccccc1)C(=O)OC. The number of nitrogens with zero attached hydrogens (tertiary/aromatic N) is 1. The van der Waals surface area contributed by atoms with Crippen molar-refractivity contribution < 1.29 is 9.53 Å². The molecule has 0 radical (unpaired) electrons. The van der Waals surface area contributed by atoms with Crippen LogP contribution in [-0.2, 0) is 22.5 Å². The number of carbonyl (C=O) groups is 1. The number of methoxy groups -OCH3 is 1. The van der Waals surface area contributed by atoms with E-state index in [1.54, 1.807) is 0 Å². The fourth-order valence-electron chi connectivity index (χ4n) is 4.39. The van der Waals surface area contributed by atoms with E-state index in [9.17, 15) is 4.79 Å². The second kappa shape index (κ2) is 9.01. The Morgan fingerprint density at radius 2 is 1.78 bits per heavy atom. The van der Waals surface area contributed by atoms with E-state index >= 15 is 0 Å². The van der Waals surface area contributed by atoms with Crippen LogP contribution in [0.1, 0.15) is 24.0 Å². The molecule has 0 N–H and O–H groups in total. The van der Waals surface area contributed by atoms with Crippen molar-refractivity contribution in [1.82, 2.24) is 4.90 Å². The zero-order valence-electron chi connectivity index (χ0n) is 16.1. The predicted molar refractivity (Wildman–Crippen MR) is 109 cm³/mol. The minimum Gasteiger partial charge on any atom is -0.469 e. The number of benzene rings is 2. The van der Waals surface area contributed by atoms with E-state index in [0.29, 0.717) is 6.42 Å². The number of ether oxygens (including phenoxy) is 1. The van der Waals surface area contributed by atoms with Crippen LogP contribution in [0.4, 0.5) is 0 Å². The van der Waals surface area contributed by atoms with Crippen LogP contribution in [0.15, 0.2) is 73.3 Å². The van der Waals surface area contributed by atoms with E-state index in [4.69, 9.17) is 4.74 Å². The molecule has 3 rings (SSSR count). The number of likely N-dealkylation sites (tertiary alicyclic amines) is 1. The lowest BCUT2D eigenvalue weighted by Gasteiger charge is -2.32. The third-order valence-electron chi connectivity index (χ3n) is 5.69. The molecule has 3 nitrogen and oxygen atoms in total. The monoisotopic (exact) mass is 363 g/mol. The van der Waals surface area contributed by atoms with Crippen molar-refractivity contribution in [2.75, 3.05) is 20.2 Å². The van der Waals surface area contributed by atoms with Gasteiger partial charge in [-0.15, -0.1) is 6.58 Å². The van der Waals surface area contributed by atoms with Crippen LogP contribution in [-0.4, -0.2) is 31.1 Å². The fraction of sp³-hybridized carbons (Fsp3) is 0.375. The maximum atomic E-state index is 13.0. The summed E-state index contributed by atoms with van der Waals surface area (Å²) in [6, 6.07) is 20.8. The van der Waals surface area contributed by atoms with Crippen molar-refractivity contribution >= 4 is 5.97 Å². The largest absolute Gasteiger partial charge is 0.469 e. The fourth-order valence-corrected chi connectivity index (χ4v) is 4.39. The summed E-state index contributed by atoms with van der Waals surface area (Å²) in [5.74, 6) is 0.169. The Balaban J connectivity index is 1.88. The molecule has 0 aliphatic carbocycles. The van der Waals surface area contributed by atoms with Gasteiger partial charge in [-0.2, -0.15) is 0 Å². The molecule has 0 aromatic heterocycles. The van der Waals surface area contributed by atoms with Crippen LogP contribution in [0.5, 0.6) is 0 Å². The highest BCUT2D eigenvalue weighted by atomic mass is 16.5. The number of carbonyl (C=O) groups excluding carboxylic acids is 1. The summed E-state index contributed by atoms with van der Waals surface area (Å²) in [5, 5.41) is 0. The molecule has 1 fully saturated rings. The summed E-state index contributed by atoms with van der Waals surface area (Å²) in [6.07, 6.45) is 4.53. The summed E-state index contributed by atoms with van der Waals surface area (Å²) in [4.78, 5) is 15.4. The first kappa shape index (κ1) is 19.4. The van der Waals surface area contributed by atoms with Gasteiger partial charge in [-0.1, -0.05) is 66.7 Å². The van der Waals surface area contributed by atoms with Gasteiger partial charge in [0.25, 0.3) is 0 Å². The molecule has 1 aliphatic heterocycles. The zero-order valence-corrected chi connectivity index (χ0v) is 16.1. The molecule has 0 unspecified atom stereocenters. The van der Waals surface area contributed by atoms with Crippen molar-refractivity contribution in [3.8, 4) is 0 Å². The molecule has 2 aromatic rings. The van der Waals surface area contributed by atoms with E-state index in [-0.39, 0.29) is 11.9 Å². The molecular weight excluding hydrogens is 334 g/mol. The molecule has 1 aliphatic rings. The summed E-state index contributed by atoms with van der Waals surface area (Å²) < 4.78 is 5.33. The number of hydrogen-bond acceptors (Lipinski definition) is 3. The van der Waals surface area contributed by atoms with E-state index in [2.05, 4.69) is 47.9 Å². The predicted octanol–water partition coefficient (Wildman–Crippen LogP) is 4.49. The quantitative estimate of drug-likeness (QED) is 0.511. The van der Waals surface area contributed by atoms with E-state index < -0.39 is 5.41 Å². The third kappa shape index (κ3) is 4.48. The zero-order chi connectivity index (χ0) is 19.1. The highest BCUT2D eigenvalue weighted by Crippen LogP contribution is 2.43. The van der Waals surface area contributed by atoms with Gasteiger partial charge in [-0.3, -0.25) is 9.69 Å². The van der Waals surface area contributed by atoms with Crippen molar-refractivity contribution in [1.29, 1.82) is 0 Å². The van der Waals surface area contributed by atoms with E-state index in [1.807, 2.05) is 30.3 Å². The van der Waals surface area contributed by atoms with Gasteiger partial charge in [0.1, 0.15) is 0 Å². The van der Waals surface area contributed by atoms with Crippen molar-refractivity contribution in [2.24, 2.45) is 11.3 Å². The molecular formula is C24H29NO2. The lowest BCUT2D eigenvalue weighted by atomic mass is 9.71. The molecule has 1 saturated heterocycles. The standard InChI is InChI=1S/C24H29NO2/c1-3-4-15-22-18-25(17-21-13-9-6-10-14-21)19-24(22,23(26)27-2)16-20-11-7-5-8-12-20/h3,5-14,22H,1,4,15-19H2,2H3/t22-,24-/m1/s1. The van der Waals surface area contributed by atoms with Crippen LogP contribution in [0.2, 0.25) is 0 Å². The van der Waals surface area contributed by atoms with Crippen molar-refractivity contribution in [3.63, 3.8) is 0 Å². The van der Waals surface area contributed by atoms with Crippen LogP contribution in [0.3, 0.4) is 0 Å². The van der Waals surface area contributed by atoms with Gasteiger partial charge in [0.05, 0.1) is 12.5 Å². The van der Waals surface area contributed by atoms with Crippen LogP contribution in [0, 0.1) is 11.3 Å². The molecule has 0 bridgehead atoms. The van der Waals surface area contributed by atoms with Gasteiger partial charge in [0, 0.05) is 19.6 Å². The summed E-state index contributed by atoms with van der Waals surface area (Å²) in [7, 11) is 1.51. The molecule has 1 heterocycles. The van der Waals surface area contributed by atoms with E-state index in [0.717, 1.165) is 32.5 Å². The Bertz CT molecular complexity index is 743. The lowest BCUT2D eigenvalue weighted by Crippen LogP contribution is -2.42. The van der Waals surface area contributed by atoms with Gasteiger partial charge in [-0.25, -0.2) is 0 Å². The second-order valence-corrected chi connectivity index (χ2v) is 7.53. The Kier molecular flexibility index (Phi) is 6.46. The molecule has 142 valence electrons. The van der Waals surface area contributed by atoms with Crippen LogP contribution < -0.4 is 0 Å². The average molecular weight is 364 g/mol. The maximum absolute atomic E-state index is 13.0. The highest BCUT2D eigenvalue weighted by Gasteiger charge is 2.52. The number of rotatable bonds is 8. The molecule has 0 saturated carbocycles. The molecule has 3 heteroatoms. The summed E-state index contributed by atoms with van der Waals surface area (Å²) in [5.41, 5.74) is 1.96. The Hall–Kier alpha value is -2.39. The Morgan fingerprint density at radius 1 is 1.15 bits per heavy atom. The van der Waals surface area contributed by atoms with Gasteiger partial charge < -0.3 is 4.74 Å². The normalized spacial score (nSPS) is 22.5. The minimum absolute atomic E-state index is 0.0871. The molecule has 0 amide bonds. The minimum atomic E-state index is -0.506. The van der Waals surface area contributed by atoms with Gasteiger partial charge >= 0.3 is 5.97 Å². The Labute approximate surface area is 162 Å². The molecule has 2 atom stereocenters. The number of esters is 1. The van der Waals surface area contributed by atoms with Crippen LogP contribution >= 0.6 is 0 Å². The Morgan fingerprint density at radius 3 is 2.37 bits per heavy atom. The van der Waals surface area contributed by atoms with Crippen LogP contribution in [0.25, 0.3) is 0 Å². The molecule has 0 spiro atoms. The highest BCUT2D eigenvalue weighted by molar-refractivity contribution is 5.78. The average Bonchev–Trinajstić information content (AvgIpc) is 3.05. The first-order valence-electron chi connectivity index (χ1n) is 9.67. The summed E-state index contributed by atoms with van der Waals surface area (Å²) >= 11 is 0. The summed E-state index contributed by atoms with van der Waals surface area (Å²) in [6.45, 7) is 6.37. The maximum Gasteiger partial charge on any atom is 0.313 e. The first-order chi connectivity index (χ1) is 13.2. The molecule has 27 heavy (non-hydrogen) atoms. The van der Waals surface area contributed by atoms with Gasteiger partial charge in [0.2, 0.25) is 0 Å². The first-order valence-corrected chi connectivity index (χ1v) is 9.67. The number of hydrogen-bond donors (Lipinski definition) is 0. The van der Waals surface area contributed by atoms with Gasteiger partial charge in [-0.05, 0) is 36.3 Å². The smallest absolute Gasteiger partial charge is 0.313 e. The van der Waals surface area contributed by atoms with Crippen molar-refractivity contribution in [3.05, 3.63) is 84.4 Å². The van der Waals surface area contributed by atoms with E-state index in [1.165, 1.54) is 18.2 Å². The van der Waals surface area contributed by atoms with Gasteiger partial charge in [0.15, 0.2) is 0 Å². The lowest BCUT2D eigenvalue weighted by molar-refractivity contribution is -0.154. The topological polar surface area (TPSA) is 29.5 Å². The third-order valence-corrected chi connectivity index (χ3v) is 5.69. The molecule has 2 aromatic carbocycles. The van der Waals surface area contributed by atoms with Crippen molar-refractivity contribution in [2.45, 2.75) is 25.8 Å². The second-order valence-electron chi connectivity index (χ2n) is 7.53.